The number of rotatable bonds is 6. The molecule has 0 atom stereocenters. The van der Waals surface area contributed by atoms with Crippen molar-refractivity contribution in [2.45, 2.75) is 26.7 Å². The number of amides is 1. The van der Waals surface area contributed by atoms with Crippen molar-refractivity contribution in [2.75, 3.05) is 5.32 Å². The number of hydrogen-bond acceptors (Lipinski definition) is 3. The van der Waals surface area contributed by atoms with Crippen molar-refractivity contribution >= 4 is 28.7 Å². The van der Waals surface area contributed by atoms with Crippen molar-refractivity contribution in [3.63, 3.8) is 0 Å². The summed E-state index contributed by atoms with van der Waals surface area (Å²) in [5, 5.41) is 4.71. The molecular formula is C20H20N2O2S. The van der Waals surface area contributed by atoms with E-state index in [9.17, 15) is 9.59 Å². The van der Waals surface area contributed by atoms with Crippen LogP contribution in [0.3, 0.4) is 0 Å². The fraction of sp³-hybridized carbons (Fsp3) is 0.200. The number of hydrogen-bond donors (Lipinski definition) is 1. The molecule has 1 amide bonds. The summed E-state index contributed by atoms with van der Waals surface area (Å²) in [6, 6.07) is 15.5. The van der Waals surface area contributed by atoms with Gasteiger partial charge in [0.15, 0.2) is 5.78 Å². The van der Waals surface area contributed by atoms with Gasteiger partial charge in [0.25, 0.3) is 0 Å². The molecule has 0 unspecified atom stereocenters. The van der Waals surface area contributed by atoms with Crippen molar-refractivity contribution in [2.24, 2.45) is 0 Å². The van der Waals surface area contributed by atoms with Crippen molar-refractivity contribution in [1.82, 2.24) is 4.57 Å². The van der Waals surface area contributed by atoms with E-state index in [0.29, 0.717) is 4.88 Å². The Morgan fingerprint density at radius 1 is 0.960 bits per heavy atom. The molecule has 0 aliphatic rings. The van der Waals surface area contributed by atoms with Gasteiger partial charge < -0.3 is 9.88 Å². The van der Waals surface area contributed by atoms with Gasteiger partial charge in [0.2, 0.25) is 5.91 Å². The van der Waals surface area contributed by atoms with Crippen LogP contribution in [0, 0.1) is 13.8 Å². The Morgan fingerprint density at radius 3 is 2.24 bits per heavy atom. The first-order valence-corrected chi connectivity index (χ1v) is 9.04. The van der Waals surface area contributed by atoms with Gasteiger partial charge in [-0.05, 0) is 61.7 Å². The number of benzene rings is 1. The molecule has 0 saturated carbocycles. The smallest absolute Gasteiger partial charge is 0.224 e. The maximum atomic E-state index is 12.0. The lowest BCUT2D eigenvalue weighted by Crippen LogP contribution is -2.13. The third kappa shape index (κ3) is 4.06. The van der Waals surface area contributed by atoms with Crippen LogP contribution < -0.4 is 5.32 Å². The molecule has 0 bridgehead atoms. The Hall–Kier alpha value is -2.66. The number of carbonyl (C=O) groups is 2. The number of nitrogens with zero attached hydrogens (tertiary/aromatic N) is 1. The standard InChI is InChI=1S/C20H20N2O2S/c1-14-5-6-15(2)22(14)17-9-7-16(8-10-17)21-20(24)12-11-18(23)19-4-3-13-25-19/h3-10,13H,11-12H2,1-2H3,(H,21,24). The molecule has 25 heavy (non-hydrogen) atoms. The van der Waals surface area contributed by atoms with E-state index in [2.05, 4.69) is 35.9 Å². The van der Waals surface area contributed by atoms with Gasteiger partial charge in [-0.15, -0.1) is 11.3 Å². The number of ketones is 1. The molecule has 3 aromatic rings. The van der Waals surface area contributed by atoms with Crippen LogP contribution >= 0.6 is 11.3 Å². The normalized spacial score (nSPS) is 10.6. The molecule has 2 heterocycles. The van der Waals surface area contributed by atoms with E-state index in [-0.39, 0.29) is 24.5 Å². The number of aromatic nitrogens is 1. The third-order valence-electron chi connectivity index (χ3n) is 4.06. The lowest BCUT2D eigenvalue weighted by molar-refractivity contribution is -0.116. The minimum Gasteiger partial charge on any atom is -0.326 e. The molecule has 0 aliphatic heterocycles. The van der Waals surface area contributed by atoms with Crippen molar-refractivity contribution in [3.8, 4) is 5.69 Å². The van der Waals surface area contributed by atoms with Gasteiger partial charge in [0.1, 0.15) is 0 Å². The van der Waals surface area contributed by atoms with E-state index >= 15 is 0 Å². The molecule has 5 heteroatoms. The lowest BCUT2D eigenvalue weighted by Gasteiger charge is -2.11. The fourth-order valence-corrected chi connectivity index (χ4v) is 3.47. The van der Waals surface area contributed by atoms with E-state index < -0.39 is 0 Å². The van der Waals surface area contributed by atoms with Gasteiger partial charge in [-0.1, -0.05) is 6.07 Å². The summed E-state index contributed by atoms with van der Waals surface area (Å²) in [6.07, 6.45) is 0.417. The summed E-state index contributed by atoms with van der Waals surface area (Å²) in [5.41, 5.74) is 4.13. The molecule has 0 fully saturated rings. The zero-order valence-electron chi connectivity index (χ0n) is 14.3. The van der Waals surface area contributed by atoms with Crippen molar-refractivity contribution in [1.29, 1.82) is 0 Å². The maximum Gasteiger partial charge on any atom is 0.224 e. The summed E-state index contributed by atoms with van der Waals surface area (Å²) < 4.78 is 2.16. The molecule has 0 saturated heterocycles. The van der Waals surface area contributed by atoms with E-state index in [1.165, 1.54) is 22.7 Å². The first-order valence-electron chi connectivity index (χ1n) is 8.16. The highest BCUT2D eigenvalue weighted by Gasteiger charge is 2.10. The van der Waals surface area contributed by atoms with Crippen molar-refractivity contribution < 1.29 is 9.59 Å². The second-order valence-electron chi connectivity index (χ2n) is 5.95. The Kier molecular flexibility index (Phi) is 5.14. The predicted octanol–water partition coefficient (Wildman–Crippen LogP) is 4.76. The first-order chi connectivity index (χ1) is 12.0. The molecule has 1 N–H and O–H groups in total. The van der Waals surface area contributed by atoms with Gasteiger partial charge in [0.05, 0.1) is 4.88 Å². The molecule has 4 nitrogen and oxygen atoms in total. The van der Waals surface area contributed by atoms with Crippen LogP contribution in [-0.2, 0) is 4.79 Å². The molecule has 0 aliphatic carbocycles. The molecule has 0 radical (unpaired) electrons. The highest BCUT2D eigenvalue weighted by Crippen LogP contribution is 2.19. The van der Waals surface area contributed by atoms with Gasteiger partial charge in [-0.2, -0.15) is 0 Å². The average Bonchev–Trinajstić information content (AvgIpc) is 3.24. The predicted molar refractivity (Wildman–Crippen MR) is 102 cm³/mol. The molecule has 0 spiro atoms. The largest absolute Gasteiger partial charge is 0.326 e. The second-order valence-corrected chi connectivity index (χ2v) is 6.89. The van der Waals surface area contributed by atoms with Gasteiger partial charge in [-0.25, -0.2) is 0 Å². The van der Waals surface area contributed by atoms with Crippen LogP contribution in [-0.4, -0.2) is 16.3 Å². The SMILES string of the molecule is Cc1ccc(C)n1-c1ccc(NC(=O)CCC(=O)c2cccs2)cc1. The molecule has 2 aromatic heterocycles. The zero-order chi connectivity index (χ0) is 17.8. The van der Waals surface area contributed by atoms with Crippen LogP contribution in [0.2, 0.25) is 0 Å². The zero-order valence-corrected chi connectivity index (χ0v) is 15.1. The van der Waals surface area contributed by atoms with E-state index in [4.69, 9.17) is 0 Å². The number of aryl methyl sites for hydroxylation is 2. The summed E-state index contributed by atoms with van der Waals surface area (Å²) >= 11 is 1.41. The first kappa shape index (κ1) is 17.2. The van der Waals surface area contributed by atoms with Crippen LogP contribution in [0.15, 0.2) is 53.9 Å². The maximum absolute atomic E-state index is 12.0. The Bertz CT molecular complexity index is 858. The summed E-state index contributed by atoms with van der Waals surface area (Å²) in [4.78, 5) is 24.7. The highest BCUT2D eigenvalue weighted by atomic mass is 32.1. The molecular weight excluding hydrogens is 332 g/mol. The molecule has 1 aromatic carbocycles. The fourth-order valence-electron chi connectivity index (χ4n) is 2.78. The van der Waals surface area contributed by atoms with Crippen LogP contribution in [0.5, 0.6) is 0 Å². The average molecular weight is 352 g/mol. The van der Waals surface area contributed by atoms with Gasteiger partial charge in [-0.3, -0.25) is 9.59 Å². The van der Waals surface area contributed by atoms with Crippen molar-refractivity contribution in [3.05, 3.63) is 70.2 Å². The van der Waals surface area contributed by atoms with Gasteiger partial charge in [0, 0.05) is 35.6 Å². The minimum atomic E-state index is -0.147. The number of anilines is 1. The minimum absolute atomic E-state index is 0.0130. The summed E-state index contributed by atoms with van der Waals surface area (Å²) in [7, 11) is 0. The molecule has 128 valence electrons. The Balaban J connectivity index is 1.58. The van der Waals surface area contributed by atoms with Gasteiger partial charge >= 0.3 is 0 Å². The highest BCUT2D eigenvalue weighted by molar-refractivity contribution is 7.12. The number of carbonyl (C=O) groups excluding carboxylic acids is 2. The number of thiophene rings is 1. The van der Waals surface area contributed by atoms with E-state index in [0.717, 1.165) is 11.4 Å². The summed E-state index contributed by atoms with van der Waals surface area (Å²) in [5.74, 6) is -0.134. The monoisotopic (exact) mass is 352 g/mol. The Labute approximate surface area is 151 Å². The third-order valence-corrected chi connectivity index (χ3v) is 4.97. The Morgan fingerprint density at radius 2 is 1.64 bits per heavy atom. The quantitative estimate of drug-likeness (QED) is 0.651. The topological polar surface area (TPSA) is 51.1 Å². The molecule has 3 rings (SSSR count). The van der Waals surface area contributed by atoms with Crippen LogP contribution in [0.4, 0.5) is 5.69 Å². The number of nitrogens with one attached hydrogen (secondary N) is 1. The second kappa shape index (κ2) is 7.49. The van der Waals surface area contributed by atoms with E-state index in [1.807, 2.05) is 35.7 Å². The lowest BCUT2D eigenvalue weighted by atomic mass is 10.2. The number of Topliss-reactive ketones (excluding diaryl/α,β-unsaturated/α-hetero) is 1. The van der Waals surface area contributed by atoms with Crippen LogP contribution in [0.1, 0.15) is 33.9 Å². The van der Waals surface area contributed by atoms with Crippen LogP contribution in [0.25, 0.3) is 5.69 Å². The van der Waals surface area contributed by atoms with E-state index in [1.54, 1.807) is 6.07 Å². The summed E-state index contributed by atoms with van der Waals surface area (Å²) in [6.45, 7) is 4.13.